The Morgan fingerprint density at radius 1 is 1.38 bits per heavy atom. The van der Waals surface area contributed by atoms with E-state index in [1.54, 1.807) is 6.33 Å². The van der Waals surface area contributed by atoms with Gasteiger partial charge in [-0.2, -0.15) is 0 Å². The minimum Gasteiger partial charge on any atom is -0.334 e. The van der Waals surface area contributed by atoms with E-state index in [9.17, 15) is 0 Å². The fourth-order valence-corrected chi connectivity index (χ4v) is 1.57. The van der Waals surface area contributed by atoms with Crippen LogP contribution in [0, 0.1) is 0 Å². The van der Waals surface area contributed by atoms with Crippen molar-refractivity contribution in [1.82, 2.24) is 14.5 Å². The molecule has 0 aliphatic heterocycles. The minimum atomic E-state index is 0.935. The molecule has 2 aromatic rings. The fourth-order valence-electron chi connectivity index (χ4n) is 1.57. The van der Waals surface area contributed by atoms with Crippen LogP contribution < -0.4 is 0 Å². The molecule has 3 nitrogen and oxygen atoms in total. The zero-order valence-corrected chi connectivity index (χ0v) is 9.81. The van der Waals surface area contributed by atoms with Gasteiger partial charge in [0.1, 0.15) is 5.52 Å². The molecular weight excluding hydrogens is 198 g/mol. The third-order valence-electron chi connectivity index (χ3n) is 2.55. The minimum absolute atomic E-state index is 0.935. The smallest absolute Gasteiger partial charge is 0.107 e. The number of fused-ring (bicyclic) bond motifs is 1. The Labute approximate surface area is 95.1 Å². The predicted octanol–water partition coefficient (Wildman–Crippen LogP) is 2.95. The first-order chi connectivity index (χ1) is 7.72. The van der Waals surface area contributed by atoms with Gasteiger partial charge in [0, 0.05) is 7.05 Å². The molecule has 16 heavy (non-hydrogen) atoms. The summed E-state index contributed by atoms with van der Waals surface area (Å²) in [5, 5.41) is 0. The molecular formula is C13H15N3. The van der Waals surface area contributed by atoms with Crippen molar-refractivity contribution >= 4 is 16.6 Å². The van der Waals surface area contributed by atoms with E-state index < -0.39 is 0 Å². The van der Waals surface area contributed by atoms with Crippen molar-refractivity contribution in [3.8, 4) is 0 Å². The highest BCUT2D eigenvalue weighted by atomic mass is 15.0. The summed E-state index contributed by atoms with van der Waals surface area (Å²) in [5.41, 5.74) is 4.19. The third-order valence-corrected chi connectivity index (χ3v) is 2.55. The van der Waals surface area contributed by atoms with Gasteiger partial charge in [0.15, 0.2) is 0 Å². The summed E-state index contributed by atoms with van der Waals surface area (Å²) in [6.07, 6.45) is 9.71. The quantitative estimate of drug-likeness (QED) is 0.718. The van der Waals surface area contributed by atoms with Crippen LogP contribution in [0.25, 0.3) is 16.6 Å². The Bertz CT molecular complexity index is 562. The molecule has 0 bridgehead atoms. The van der Waals surface area contributed by atoms with Crippen molar-refractivity contribution in [2.24, 2.45) is 7.05 Å². The van der Waals surface area contributed by atoms with E-state index in [1.165, 1.54) is 0 Å². The topological polar surface area (TPSA) is 30.7 Å². The second-order valence-electron chi connectivity index (χ2n) is 3.79. The maximum Gasteiger partial charge on any atom is 0.107 e. The maximum atomic E-state index is 4.40. The maximum absolute atomic E-state index is 4.40. The Morgan fingerprint density at radius 2 is 2.19 bits per heavy atom. The van der Waals surface area contributed by atoms with Crippen LogP contribution >= 0.6 is 0 Å². The number of aryl methyl sites for hydroxylation is 1. The summed E-state index contributed by atoms with van der Waals surface area (Å²) >= 11 is 0. The van der Waals surface area contributed by atoms with Gasteiger partial charge in [-0.05, 0) is 25.5 Å². The second-order valence-corrected chi connectivity index (χ2v) is 3.79. The number of aromatic nitrogens is 3. The molecule has 0 aromatic carbocycles. The first-order valence-electron chi connectivity index (χ1n) is 5.29. The third kappa shape index (κ3) is 1.89. The van der Waals surface area contributed by atoms with E-state index in [4.69, 9.17) is 0 Å². The van der Waals surface area contributed by atoms with Crippen LogP contribution in [0.4, 0.5) is 0 Å². The molecule has 3 heteroatoms. The van der Waals surface area contributed by atoms with Crippen molar-refractivity contribution in [2.75, 3.05) is 0 Å². The number of hydrogen-bond acceptors (Lipinski definition) is 2. The molecule has 0 aliphatic carbocycles. The van der Waals surface area contributed by atoms with E-state index in [2.05, 4.69) is 29.0 Å². The first kappa shape index (κ1) is 10.6. The van der Waals surface area contributed by atoms with Gasteiger partial charge in [0.25, 0.3) is 0 Å². The summed E-state index contributed by atoms with van der Waals surface area (Å²) in [6.45, 7) is 4.06. The molecule has 0 saturated carbocycles. The standard InChI is InChI=1S/C13H15N3/c1-4-5-6-10(2)11-7-13-12(8-14-11)15-9-16(13)3/h4-9H,1-3H3/b5-4-,10-6+. The molecule has 0 unspecified atom stereocenters. The molecule has 0 fully saturated rings. The highest BCUT2D eigenvalue weighted by Gasteiger charge is 2.03. The molecule has 0 saturated heterocycles. The molecule has 0 spiro atoms. The Morgan fingerprint density at radius 3 is 2.94 bits per heavy atom. The summed E-state index contributed by atoms with van der Waals surface area (Å²) in [5.74, 6) is 0. The van der Waals surface area contributed by atoms with Gasteiger partial charge in [-0.15, -0.1) is 0 Å². The Balaban J connectivity index is 2.49. The number of rotatable bonds is 2. The lowest BCUT2D eigenvalue weighted by molar-refractivity contribution is 0.947. The van der Waals surface area contributed by atoms with Crippen LogP contribution in [0.3, 0.4) is 0 Å². The Hall–Kier alpha value is -1.90. The molecule has 0 N–H and O–H groups in total. The average Bonchev–Trinajstić information content (AvgIpc) is 2.67. The summed E-state index contributed by atoms with van der Waals surface area (Å²) in [6, 6.07) is 2.07. The monoisotopic (exact) mass is 213 g/mol. The molecule has 82 valence electrons. The van der Waals surface area contributed by atoms with Gasteiger partial charge in [0.2, 0.25) is 0 Å². The summed E-state index contributed by atoms with van der Waals surface area (Å²) in [4.78, 5) is 8.64. The van der Waals surface area contributed by atoms with Gasteiger partial charge in [-0.1, -0.05) is 18.2 Å². The lowest BCUT2D eigenvalue weighted by Gasteiger charge is -2.00. The number of pyridine rings is 1. The van der Waals surface area contributed by atoms with Crippen LogP contribution in [0.1, 0.15) is 19.5 Å². The largest absolute Gasteiger partial charge is 0.334 e. The van der Waals surface area contributed by atoms with Gasteiger partial charge in [-0.25, -0.2) is 4.98 Å². The number of nitrogens with zero attached hydrogens (tertiary/aromatic N) is 3. The van der Waals surface area contributed by atoms with Crippen LogP contribution in [-0.2, 0) is 7.05 Å². The molecule has 2 heterocycles. The highest BCUT2D eigenvalue weighted by Crippen LogP contribution is 2.17. The average molecular weight is 213 g/mol. The zero-order valence-electron chi connectivity index (χ0n) is 9.81. The molecule has 2 aromatic heterocycles. The van der Waals surface area contributed by atoms with Crippen LogP contribution in [0.15, 0.2) is 36.8 Å². The predicted molar refractivity (Wildman–Crippen MR) is 67.0 cm³/mol. The van der Waals surface area contributed by atoms with Gasteiger partial charge < -0.3 is 4.57 Å². The van der Waals surface area contributed by atoms with Crippen LogP contribution in [0.5, 0.6) is 0 Å². The molecule has 0 atom stereocenters. The van der Waals surface area contributed by atoms with E-state index in [-0.39, 0.29) is 0 Å². The number of allylic oxidation sites excluding steroid dienone is 4. The van der Waals surface area contributed by atoms with Crippen molar-refractivity contribution in [3.05, 3.63) is 42.5 Å². The lowest BCUT2D eigenvalue weighted by Crippen LogP contribution is -1.89. The van der Waals surface area contributed by atoms with Gasteiger partial charge in [-0.3, -0.25) is 4.98 Å². The van der Waals surface area contributed by atoms with E-state index in [1.807, 2.05) is 36.9 Å². The summed E-state index contributed by atoms with van der Waals surface area (Å²) in [7, 11) is 1.99. The fraction of sp³-hybridized carbons (Fsp3) is 0.231. The van der Waals surface area contributed by atoms with Crippen LogP contribution in [0.2, 0.25) is 0 Å². The van der Waals surface area contributed by atoms with E-state index in [0.717, 1.165) is 22.3 Å². The van der Waals surface area contributed by atoms with E-state index >= 15 is 0 Å². The lowest BCUT2D eigenvalue weighted by atomic mass is 10.1. The highest BCUT2D eigenvalue weighted by molar-refractivity contribution is 5.78. The molecule has 0 amide bonds. The van der Waals surface area contributed by atoms with Crippen molar-refractivity contribution in [3.63, 3.8) is 0 Å². The van der Waals surface area contributed by atoms with Crippen molar-refractivity contribution in [2.45, 2.75) is 13.8 Å². The number of imidazole rings is 1. The van der Waals surface area contributed by atoms with Gasteiger partial charge >= 0.3 is 0 Å². The van der Waals surface area contributed by atoms with Crippen LogP contribution in [-0.4, -0.2) is 14.5 Å². The SMILES string of the molecule is C/C=C\C=C(/C)c1cc2c(cn1)ncn2C. The molecule has 2 rings (SSSR count). The normalized spacial score (nSPS) is 12.8. The first-order valence-corrected chi connectivity index (χ1v) is 5.29. The summed E-state index contributed by atoms with van der Waals surface area (Å²) < 4.78 is 2.00. The van der Waals surface area contributed by atoms with E-state index in [0.29, 0.717) is 0 Å². The Kier molecular flexibility index (Phi) is 2.86. The zero-order chi connectivity index (χ0) is 11.5. The number of hydrogen-bond donors (Lipinski definition) is 0. The molecule has 0 aliphatic rings. The van der Waals surface area contributed by atoms with Crippen molar-refractivity contribution < 1.29 is 0 Å². The second kappa shape index (κ2) is 4.31. The van der Waals surface area contributed by atoms with Crippen molar-refractivity contribution in [1.29, 1.82) is 0 Å². The molecule has 0 radical (unpaired) electrons. The van der Waals surface area contributed by atoms with Gasteiger partial charge in [0.05, 0.1) is 23.7 Å².